The van der Waals surface area contributed by atoms with E-state index in [0.717, 1.165) is 19.6 Å². The Morgan fingerprint density at radius 3 is 2.32 bits per heavy atom. The molecule has 2 fully saturated rings. The maximum absolute atomic E-state index is 6.17. The Morgan fingerprint density at radius 1 is 1.16 bits per heavy atom. The van der Waals surface area contributed by atoms with Crippen LogP contribution < -0.4 is 5.73 Å². The summed E-state index contributed by atoms with van der Waals surface area (Å²) in [6.45, 7) is 10.7. The first-order valence-corrected chi connectivity index (χ1v) is 8.05. The first-order valence-electron chi connectivity index (χ1n) is 8.05. The van der Waals surface area contributed by atoms with Gasteiger partial charge in [0.25, 0.3) is 0 Å². The minimum Gasteiger partial charge on any atom is -0.370 e. The molecule has 1 aliphatic carbocycles. The third-order valence-corrected chi connectivity index (χ3v) is 4.80. The molecule has 1 atom stereocenters. The molecule has 19 heavy (non-hydrogen) atoms. The van der Waals surface area contributed by atoms with Crippen molar-refractivity contribution in [2.24, 2.45) is 11.1 Å². The Morgan fingerprint density at radius 2 is 1.79 bits per heavy atom. The fourth-order valence-corrected chi connectivity index (χ4v) is 4.09. The van der Waals surface area contributed by atoms with Gasteiger partial charge in [-0.25, -0.2) is 0 Å². The molecule has 0 spiro atoms. The molecule has 3 heteroatoms. The average molecular weight is 268 g/mol. The maximum Gasteiger partial charge on any atom is 0.0757 e. The summed E-state index contributed by atoms with van der Waals surface area (Å²) >= 11 is 0. The van der Waals surface area contributed by atoms with Gasteiger partial charge in [-0.1, -0.05) is 25.7 Å². The predicted octanol–water partition coefficient (Wildman–Crippen LogP) is 2.79. The van der Waals surface area contributed by atoms with Gasteiger partial charge in [-0.05, 0) is 45.6 Å². The topological polar surface area (TPSA) is 38.5 Å². The zero-order chi connectivity index (χ0) is 13.9. The quantitative estimate of drug-likeness (QED) is 0.800. The standard InChI is InChI=1S/C16H32N2O/c1-14-10-18(12-15(2,3)19-14)13-16(11-17)8-6-4-5-7-9-16/h14H,4-13,17H2,1-3H3. The first-order chi connectivity index (χ1) is 8.95. The van der Waals surface area contributed by atoms with Gasteiger partial charge < -0.3 is 10.5 Å². The lowest BCUT2D eigenvalue weighted by molar-refractivity contribution is -0.135. The van der Waals surface area contributed by atoms with Gasteiger partial charge in [-0.3, -0.25) is 4.90 Å². The largest absolute Gasteiger partial charge is 0.370 e. The molecule has 1 heterocycles. The van der Waals surface area contributed by atoms with Crippen molar-refractivity contribution in [1.82, 2.24) is 4.90 Å². The number of hydrogen-bond acceptors (Lipinski definition) is 3. The van der Waals surface area contributed by atoms with Gasteiger partial charge in [0.15, 0.2) is 0 Å². The lowest BCUT2D eigenvalue weighted by Crippen LogP contribution is -2.55. The number of ether oxygens (including phenoxy) is 1. The van der Waals surface area contributed by atoms with Gasteiger partial charge in [0.2, 0.25) is 0 Å². The molecule has 1 saturated heterocycles. The molecule has 0 radical (unpaired) electrons. The fourth-order valence-electron chi connectivity index (χ4n) is 4.09. The lowest BCUT2D eigenvalue weighted by atomic mass is 9.79. The van der Waals surface area contributed by atoms with Gasteiger partial charge in [0.1, 0.15) is 0 Å². The SMILES string of the molecule is CC1CN(CC2(CN)CCCCCC2)CC(C)(C)O1. The normalized spacial score (nSPS) is 31.9. The molecule has 2 rings (SSSR count). The Kier molecular flexibility index (Phi) is 4.91. The minimum atomic E-state index is -0.0157. The Hall–Kier alpha value is -0.120. The monoisotopic (exact) mass is 268 g/mol. The highest BCUT2D eigenvalue weighted by Gasteiger charge is 2.37. The first kappa shape index (κ1) is 15.3. The molecule has 1 unspecified atom stereocenters. The Labute approximate surface area is 118 Å². The minimum absolute atomic E-state index is 0.0157. The second-order valence-electron chi connectivity index (χ2n) is 7.48. The maximum atomic E-state index is 6.17. The summed E-state index contributed by atoms with van der Waals surface area (Å²) in [6.07, 6.45) is 8.48. The Balaban J connectivity index is 2.00. The van der Waals surface area contributed by atoms with E-state index in [1.807, 2.05) is 0 Å². The summed E-state index contributed by atoms with van der Waals surface area (Å²) in [5.74, 6) is 0. The van der Waals surface area contributed by atoms with Gasteiger partial charge in [-0.2, -0.15) is 0 Å². The smallest absolute Gasteiger partial charge is 0.0757 e. The molecule has 112 valence electrons. The van der Waals surface area contributed by atoms with Crippen LogP contribution in [0.1, 0.15) is 59.3 Å². The van der Waals surface area contributed by atoms with E-state index in [1.165, 1.54) is 45.1 Å². The molecular weight excluding hydrogens is 236 g/mol. The van der Waals surface area contributed by atoms with Gasteiger partial charge >= 0.3 is 0 Å². The van der Waals surface area contributed by atoms with Crippen molar-refractivity contribution in [2.45, 2.75) is 71.0 Å². The van der Waals surface area contributed by atoms with E-state index in [9.17, 15) is 0 Å². The van der Waals surface area contributed by atoms with Crippen molar-refractivity contribution in [3.63, 3.8) is 0 Å². The summed E-state index contributed by atoms with van der Waals surface area (Å²) in [5, 5.41) is 0. The molecule has 0 amide bonds. The number of nitrogens with zero attached hydrogens (tertiary/aromatic N) is 1. The average Bonchev–Trinajstić information content (AvgIpc) is 2.52. The molecule has 0 aromatic heterocycles. The zero-order valence-corrected chi connectivity index (χ0v) is 13.1. The van der Waals surface area contributed by atoms with Crippen LogP contribution >= 0.6 is 0 Å². The summed E-state index contributed by atoms with van der Waals surface area (Å²) < 4.78 is 6.01. The highest BCUT2D eigenvalue weighted by Crippen LogP contribution is 2.36. The molecular formula is C16H32N2O. The van der Waals surface area contributed by atoms with E-state index in [0.29, 0.717) is 11.5 Å². The van der Waals surface area contributed by atoms with Crippen molar-refractivity contribution < 1.29 is 4.74 Å². The van der Waals surface area contributed by atoms with Crippen LogP contribution in [0, 0.1) is 5.41 Å². The molecule has 0 aromatic carbocycles. The second-order valence-corrected chi connectivity index (χ2v) is 7.48. The van der Waals surface area contributed by atoms with Crippen molar-refractivity contribution in [2.75, 3.05) is 26.2 Å². The van der Waals surface area contributed by atoms with E-state index < -0.39 is 0 Å². The van der Waals surface area contributed by atoms with Crippen LogP contribution in [0.25, 0.3) is 0 Å². The third kappa shape index (κ3) is 4.17. The van der Waals surface area contributed by atoms with Crippen molar-refractivity contribution in [1.29, 1.82) is 0 Å². The summed E-state index contributed by atoms with van der Waals surface area (Å²) in [6, 6.07) is 0. The summed E-state index contributed by atoms with van der Waals surface area (Å²) in [7, 11) is 0. The van der Waals surface area contributed by atoms with Crippen LogP contribution in [-0.4, -0.2) is 42.8 Å². The van der Waals surface area contributed by atoms with E-state index in [1.54, 1.807) is 0 Å². The second kappa shape index (κ2) is 6.11. The molecule has 1 aliphatic heterocycles. The molecule has 2 N–H and O–H groups in total. The van der Waals surface area contributed by atoms with Crippen molar-refractivity contribution >= 4 is 0 Å². The van der Waals surface area contributed by atoms with E-state index in [2.05, 4.69) is 25.7 Å². The molecule has 0 aromatic rings. The highest BCUT2D eigenvalue weighted by molar-refractivity contribution is 4.90. The van der Waals surface area contributed by atoms with E-state index in [4.69, 9.17) is 10.5 Å². The van der Waals surface area contributed by atoms with Gasteiger partial charge in [-0.15, -0.1) is 0 Å². The summed E-state index contributed by atoms with van der Waals surface area (Å²) in [5.41, 5.74) is 6.52. The summed E-state index contributed by atoms with van der Waals surface area (Å²) in [4.78, 5) is 2.60. The van der Waals surface area contributed by atoms with Crippen LogP contribution in [0.15, 0.2) is 0 Å². The molecule has 2 aliphatic rings. The van der Waals surface area contributed by atoms with Crippen LogP contribution in [0.4, 0.5) is 0 Å². The third-order valence-electron chi connectivity index (χ3n) is 4.80. The lowest BCUT2D eigenvalue weighted by Gasteiger charge is -2.45. The van der Waals surface area contributed by atoms with Crippen LogP contribution in [0.5, 0.6) is 0 Å². The van der Waals surface area contributed by atoms with Crippen molar-refractivity contribution in [3.8, 4) is 0 Å². The Bertz CT molecular complexity index is 282. The number of hydrogen-bond donors (Lipinski definition) is 1. The van der Waals surface area contributed by atoms with Crippen molar-refractivity contribution in [3.05, 3.63) is 0 Å². The van der Waals surface area contributed by atoms with Crippen LogP contribution in [0.3, 0.4) is 0 Å². The number of rotatable bonds is 3. The van der Waals surface area contributed by atoms with Crippen LogP contribution in [0.2, 0.25) is 0 Å². The van der Waals surface area contributed by atoms with E-state index in [-0.39, 0.29) is 5.60 Å². The number of nitrogens with two attached hydrogens (primary N) is 1. The fraction of sp³-hybridized carbons (Fsp3) is 1.00. The number of morpholine rings is 1. The van der Waals surface area contributed by atoms with Crippen LogP contribution in [-0.2, 0) is 4.74 Å². The highest BCUT2D eigenvalue weighted by atomic mass is 16.5. The van der Waals surface area contributed by atoms with Gasteiger partial charge in [0, 0.05) is 19.6 Å². The van der Waals surface area contributed by atoms with Gasteiger partial charge in [0.05, 0.1) is 11.7 Å². The zero-order valence-electron chi connectivity index (χ0n) is 13.1. The predicted molar refractivity (Wildman–Crippen MR) is 80.3 cm³/mol. The molecule has 3 nitrogen and oxygen atoms in total. The molecule has 1 saturated carbocycles. The van der Waals surface area contributed by atoms with E-state index >= 15 is 0 Å². The molecule has 0 bridgehead atoms.